The lowest BCUT2D eigenvalue weighted by Crippen LogP contribution is -2.44. The van der Waals surface area contributed by atoms with Crippen molar-refractivity contribution >= 4 is 56.3 Å². The molecule has 4 atom stereocenters. The van der Waals surface area contributed by atoms with Crippen molar-refractivity contribution in [3.63, 3.8) is 0 Å². The molecule has 0 spiro atoms. The number of benzene rings is 3. The van der Waals surface area contributed by atoms with Gasteiger partial charge in [0.25, 0.3) is 5.89 Å². The summed E-state index contributed by atoms with van der Waals surface area (Å²) >= 11 is 17.5. The number of amides is 1. The number of para-hydroxylation sites is 1. The van der Waals surface area contributed by atoms with E-state index >= 15 is 0 Å². The number of allylic oxidation sites excluding steroid dienone is 1. The quantitative estimate of drug-likeness (QED) is 0.158. The summed E-state index contributed by atoms with van der Waals surface area (Å²) in [5.41, 5.74) is 15.6. The van der Waals surface area contributed by atoms with Gasteiger partial charge in [-0.3, -0.25) is 4.79 Å². The summed E-state index contributed by atoms with van der Waals surface area (Å²) in [4.78, 5) is 22.7. The number of oxazole rings is 2. The Kier molecular flexibility index (Phi) is 6.85. The van der Waals surface area contributed by atoms with Crippen LogP contribution in [0.4, 0.5) is 5.69 Å². The van der Waals surface area contributed by atoms with Crippen LogP contribution in [0.3, 0.4) is 0 Å². The van der Waals surface area contributed by atoms with E-state index in [9.17, 15) is 4.79 Å². The first kappa shape index (κ1) is 30.0. The number of carbonyl (C=O) groups is 1. The predicted molar refractivity (Wildman–Crippen MR) is 186 cm³/mol. The SMILES string of the molecule is CC(C)[C@@H]1NC(=O)[C@@H](N)Cc2cc(Br)c3c(c2)C2c4cccc(c4N[C@H]2O3)-c2cccc3c2C(=C(Cl)C3)c2oc(nc2Cl)-c2coc1n2. The second kappa shape index (κ2) is 11.0. The van der Waals surface area contributed by atoms with Crippen LogP contribution in [0.1, 0.15) is 65.3 Å². The third-order valence-electron chi connectivity index (χ3n) is 9.62. The van der Waals surface area contributed by atoms with Gasteiger partial charge in [0.2, 0.25) is 11.8 Å². The smallest absolute Gasteiger partial charge is 0.250 e. The number of nitrogens with one attached hydrogen (secondary N) is 2. The molecular formula is C36H28BrCl2N5O4. The van der Waals surface area contributed by atoms with Gasteiger partial charge < -0.3 is 29.9 Å². The molecule has 5 aromatic rings. The molecule has 12 heteroatoms. The third kappa shape index (κ3) is 4.50. The molecule has 1 aliphatic carbocycles. The van der Waals surface area contributed by atoms with Crippen molar-refractivity contribution in [3.05, 3.63) is 109 Å². The highest BCUT2D eigenvalue weighted by molar-refractivity contribution is 9.10. The average Bonchev–Trinajstić information content (AvgIpc) is 3.87. The number of hydrogen-bond donors (Lipinski definition) is 3. The van der Waals surface area contributed by atoms with Crippen molar-refractivity contribution in [1.82, 2.24) is 15.3 Å². The number of halogens is 3. The molecule has 1 unspecified atom stereocenters. The Morgan fingerprint density at radius 1 is 1.04 bits per heavy atom. The largest absolute Gasteiger partial charge is 0.468 e. The number of aromatic nitrogens is 2. The first-order valence-corrected chi connectivity index (χ1v) is 17.3. The molecule has 3 aromatic carbocycles. The molecule has 1 amide bonds. The van der Waals surface area contributed by atoms with Crippen LogP contribution < -0.4 is 21.1 Å². The average molecular weight is 745 g/mol. The van der Waals surface area contributed by atoms with Gasteiger partial charge in [0.15, 0.2) is 22.8 Å². The Morgan fingerprint density at radius 3 is 2.69 bits per heavy atom. The van der Waals surface area contributed by atoms with Gasteiger partial charge in [-0.05, 0) is 62.2 Å². The lowest BCUT2D eigenvalue weighted by Gasteiger charge is -2.22. The topological polar surface area (TPSA) is 128 Å². The first-order valence-electron chi connectivity index (χ1n) is 15.7. The fourth-order valence-corrected chi connectivity index (χ4v) is 8.57. The fourth-order valence-electron chi connectivity index (χ4n) is 7.41. The van der Waals surface area contributed by atoms with Gasteiger partial charge in [-0.1, -0.05) is 79.5 Å². The van der Waals surface area contributed by atoms with E-state index in [0.29, 0.717) is 40.8 Å². The van der Waals surface area contributed by atoms with E-state index in [1.807, 2.05) is 26.0 Å². The van der Waals surface area contributed by atoms with E-state index in [1.54, 1.807) is 0 Å². The maximum atomic E-state index is 13.5. The van der Waals surface area contributed by atoms with Crippen molar-refractivity contribution in [3.8, 4) is 28.5 Å². The van der Waals surface area contributed by atoms with Crippen LogP contribution >= 0.6 is 39.1 Å². The molecule has 48 heavy (non-hydrogen) atoms. The fraction of sp³-hybridized carbons (Fsp3) is 0.250. The number of nitrogens with two attached hydrogens (primary N) is 1. The van der Waals surface area contributed by atoms with Crippen LogP contribution in [0.15, 0.2) is 73.1 Å². The Labute approximate surface area is 294 Å². The van der Waals surface area contributed by atoms with E-state index in [0.717, 1.165) is 54.9 Å². The van der Waals surface area contributed by atoms with E-state index in [4.69, 9.17) is 42.5 Å². The van der Waals surface area contributed by atoms with Crippen molar-refractivity contribution in [2.45, 2.75) is 50.9 Å². The number of nitrogens with zero attached hydrogens (tertiary/aromatic N) is 2. The Hall–Kier alpha value is -4.09. The molecule has 0 saturated heterocycles. The number of anilines is 1. The Morgan fingerprint density at radius 2 is 1.85 bits per heavy atom. The number of carbonyl (C=O) groups excluding carboxylic acids is 1. The zero-order chi connectivity index (χ0) is 33.0. The zero-order valence-electron chi connectivity index (χ0n) is 25.7. The maximum absolute atomic E-state index is 13.5. The summed E-state index contributed by atoms with van der Waals surface area (Å²) in [5, 5.41) is 7.49. The first-order chi connectivity index (χ1) is 23.2. The van der Waals surface area contributed by atoms with Crippen molar-refractivity contribution in [2.24, 2.45) is 11.7 Å². The minimum absolute atomic E-state index is 0.0578. The molecule has 0 radical (unpaired) electrons. The molecule has 2 aromatic heterocycles. The van der Waals surface area contributed by atoms with Crippen molar-refractivity contribution in [2.75, 3.05) is 5.32 Å². The Bertz CT molecular complexity index is 2230. The minimum Gasteiger partial charge on any atom is -0.468 e. The van der Waals surface area contributed by atoms with Gasteiger partial charge in [0.1, 0.15) is 18.1 Å². The molecule has 5 heterocycles. The standard InChI is InChI=1S/C36H28BrCl2N5O4/c1-14(2)28-36-41-24(13-46-36)34-44-32(39)31(48-34)27-22(38)12-16-5-3-6-17(25(16)27)18-7-4-8-19-26-20-9-15(11-23(40)33(45)42-28)10-21(37)30(20)47-35(26)43-29(18)19/h3-10,13-14,23,26,28,35,43H,11-12,40H2,1-2H3,(H,42,45)/t23-,26?,28-,35-/m0/s1. The molecule has 9 nitrogen and oxygen atoms in total. The van der Waals surface area contributed by atoms with Gasteiger partial charge >= 0.3 is 0 Å². The zero-order valence-corrected chi connectivity index (χ0v) is 28.8. The van der Waals surface area contributed by atoms with E-state index in [2.05, 4.69) is 72.9 Å². The monoisotopic (exact) mass is 743 g/mol. The van der Waals surface area contributed by atoms with Crippen LogP contribution in [0, 0.1) is 5.92 Å². The molecule has 4 aliphatic rings. The van der Waals surface area contributed by atoms with Crippen LogP contribution in [0.5, 0.6) is 5.75 Å². The second-order valence-corrected chi connectivity index (χ2v) is 14.6. The van der Waals surface area contributed by atoms with E-state index in [1.165, 1.54) is 6.26 Å². The summed E-state index contributed by atoms with van der Waals surface area (Å²) in [6.45, 7) is 3.94. The summed E-state index contributed by atoms with van der Waals surface area (Å²) in [5.74, 6) is 1.17. The maximum Gasteiger partial charge on any atom is 0.250 e. The molecule has 3 aliphatic heterocycles. The van der Waals surface area contributed by atoms with Crippen LogP contribution in [0.2, 0.25) is 5.15 Å². The van der Waals surface area contributed by atoms with Gasteiger partial charge in [-0.15, -0.1) is 0 Å². The summed E-state index contributed by atoms with van der Waals surface area (Å²) < 4.78 is 19.6. The summed E-state index contributed by atoms with van der Waals surface area (Å²) in [6.07, 6.45) is 1.99. The molecule has 9 rings (SSSR count). The Balaban J connectivity index is 1.26. The second-order valence-electron chi connectivity index (χ2n) is 13.0. The minimum atomic E-state index is -0.822. The van der Waals surface area contributed by atoms with Crippen LogP contribution in [0.25, 0.3) is 28.3 Å². The number of ether oxygens (including phenoxy) is 1. The lowest BCUT2D eigenvalue weighted by atomic mass is 9.87. The lowest BCUT2D eigenvalue weighted by molar-refractivity contribution is -0.123. The van der Waals surface area contributed by atoms with Gasteiger partial charge in [0.05, 0.1) is 16.4 Å². The van der Waals surface area contributed by atoms with Crippen molar-refractivity contribution in [1.29, 1.82) is 0 Å². The summed E-state index contributed by atoms with van der Waals surface area (Å²) in [6, 6.07) is 15.2. The van der Waals surface area contributed by atoms with Gasteiger partial charge in [-0.2, -0.15) is 4.98 Å². The summed E-state index contributed by atoms with van der Waals surface area (Å²) in [7, 11) is 0. The highest BCUT2D eigenvalue weighted by atomic mass is 79.9. The highest BCUT2D eigenvalue weighted by Gasteiger charge is 2.44. The van der Waals surface area contributed by atoms with E-state index in [-0.39, 0.29) is 35.0 Å². The predicted octanol–water partition coefficient (Wildman–Crippen LogP) is 7.94. The molecule has 242 valence electrons. The molecule has 0 saturated carbocycles. The molecule has 10 bridgehead atoms. The van der Waals surface area contributed by atoms with Crippen LogP contribution in [-0.2, 0) is 17.6 Å². The number of hydrogen-bond acceptors (Lipinski definition) is 8. The molecular weight excluding hydrogens is 717 g/mol. The third-order valence-corrected chi connectivity index (χ3v) is 10.8. The normalized spacial score (nSPS) is 22.0. The number of fused-ring (bicyclic) bond motifs is 8. The van der Waals surface area contributed by atoms with E-state index < -0.39 is 12.1 Å². The molecule has 4 N–H and O–H groups in total. The van der Waals surface area contributed by atoms with Crippen molar-refractivity contribution < 1.29 is 18.4 Å². The number of rotatable bonds is 1. The highest BCUT2D eigenvalue weighted by Crippen LogP contribution is 2.55. The van der Waals surface area contributed by atoms with Gasteiger partial charge in [0, 0.05) is 33.8 Å². The molecule has 0 fully saturated rings. The van der Waals surface area contributed by atoms with Gasteiger partial charge in [-0.25, -0.2) is 4.98 Å². The van der Waals surface area contributed by atoms with Crippen LogP contribution in [-0.4, -0.2) is 28.1 Å².